The molecule has 1 aromatic carbocycles. The van der Waals surface area contributed by atoms with E-state index in [0.717, 1.165) is 44.6 Å². The molecule has 1 heterocycles. The van der Waals surface area contributed by atoms with Gasteiger partial charge in [0.2, 0.25) is 0 Å². The van der Waals surface area contributed by atoms with Crippen molar-refractivity contribution in [3.63, 3.8) is 0 Å². The van der Waals surface area contributed by atoms with Crippen LogP contribution in [0.2, 0.25) is 0 Å². The number of piperidine rings is 1. The Labute approximate surface area is 127 Å². The Balaban J connectivity index is 1.52. The average molecular weight is 289 g/mol. The zero-order valence-electron chi connectivity index (χ0n) is 13.1. The van der Waals surface area contributed by atoms with Gasteiger partial charge >= 0.3 is 0 Å². The third-order valence-electron chi connectivity index (χ3n) is 5.39. The minimum Gasteiger partial charge on any atom is -0.497 e. The van der Waals surface area contributed by atoms with Crippen molar-refractivity contribution in [3.8, 4) is 5.75 Å². The normalized spacial score (nSPS) is 29.9. The Hall–Kier alpha value is -1.06. The lowest BCUT2D eigenvalue weighted by Gasteiger charge is -2.47. The summed E-state index contributed by atoms with van der Waals surface area (Å²) in [6, 6.07) is 8.37. The van der Waals surface area contributed by atoms with Crippen LogP contribution in [-0.4, -0.2) is 42.4 Å². The third kappa shape index (κ3) is 3.41. The van der Waals surface area contributed by atoms with Crippen molar-refractivity contribution < 1.29 is 9.84 Å². The maximum absolute atomic E-state index is 10.7. The maximum Gasteiger partial charge on any atom is 0.118 e. The standard InChI is InChI=1S/C18H27NO2/c1-21-17-7-5-15(6-8-17)9-12-19-13-11-18(20)10-3-2-4-16(18)14-19/h5-8,16,20H,2-4,9-14H2,1H3. The molecule has 1 aliphatic carbocycles. The number of benzene rings is 1. The first-order valence-corrected chi connectivity index (χ1v) is 8.27. The number of hydrogen-bond donors (Lipinski definition) is 1. The Bertz CT molecular complexity index is 459. The fraction of sp³-hybridized carbons (Fsp3) is 0.667. The van der Waals surface area contributed by atoms with E-state index in [9.17, 15) is 5.11 Å². The topological polar surface area (TPSA) is 32.7 Å². The van der Waals surface area contributed by atoms with Gasteiger partial charge in [0.05, 0.1) is 12.7 Å². The van der Waals surface area contributed by atoms with Crippen LogP contribution in [0.4, 0.5) is 0 Å². The molecule has 1 aromatic rings. The Morgan fingerprint density at radius 1 is 1.24 bits per heavy atom. The van der Waals surface area contributed by atoms with Crippen molar-refractivity contribution in [2.24, 2.45) is 5.92 Å². The molecule has 0 spiro atoms. The first-order valence-electron chi connectivity index (χ1n) is 8.27. The minimum absolute atomic E-state index is 0.352. The lowest BCUT2D eigenvalue weighted by molar-refractivity contribution is -0.0950. The van der Waals surface area contributed by atoms with Gasteiger partial charge in [0.1, 0.15) is 5.75 Å². The molecule has 21 heavy (non-hydrogen) atoms. The molecule has 2 atom stereocenters. The molecule has 0 aromatic heterocycles. The van der Waals surface area contributed by atoms with Gasteiger partial charge in [-0.2, -0.15) is 0 Å². The summed E-state index contributed by atoms with van der Waals surface area (Å²) in [7, 11) is 1.70. The predicted octanol–water partition coefficient (Wildman–Crippen LogP) is 2.86. The van der Waals surface area contributed by atoms with Gasteiger partial charge in [-0.15, -0.1) is 0 Å². The molecule has 2 fully saturated rings. The molecule has 0 bridgehead atoms. The maximum atomic E-state index is 10.7. The van der Waals surface area contributed by atoms with Gasteiger partial charge in [0.15, 0.2) is 0 Å². The largest absolute Gasteiger partial charge is 0.497 e. The van der Waals surface area contributed by atoms with Crippen LogP contribution >= 0.6 is 0 Å². The number of methoxy groups -OCH3 is 1. The van der Waals surface area contributed by atoms with Crippen LogP contribution in [0.15, 0.2) is 24.3 Å². The monoisotopic (exact) mass is 289 g/mol. The van der Waals surface area contributed by atoms with E-state index in [1.54, 1.807) is 7.11 Å². The van der Waals surface area contributed by atoms with Gasteiger partial charge in [-0.05, 0) is 43.4 Å². The first kappa shape index (κ1) is 14.9. The molecule has 2 aliphatic rings. The van der Waals surface area contributed by atoms with Crippen molar-refractivity contribution in [2.75, 3.05) is 26.7 Å². The zero-order chi connectivity index (χ0) is 14.7. The summed E-state index contributed by atoms with van der Waals surface area (Å²) in [4.78, 5) is 2.54. The van der Waals surface area contributed by atoms with Gasteiger partial charge in [0.25, 0.3) is 0 Å². The zero-order valence-corrected chi connectivity index (χ0v) is 13.1. The SMILES string of the molecule is COc1ccc(CCN2CCC3(O)CCCCC3C2)cc1. The molecule has 3 nitrogen and oxygen atoms in total. The summed E-state index contributed by atoms with van der Waals surface area (Å²) in [5.74, 6) is 1.42. The number of rotatable bonds is 4. The van der Waals surface area contributed by atoms with Gasteiger partial charge in [-0.1, -0.05) is 25.0 Å². The quantitative estimate of drug-likeness (QED) is 0.925. The van der Waals surface area contributed by atoms with Crippen LogP contribution in [0.3, 0.4) is 0 Å². The number of hydrogen-bond acceptors (Lipinski definition) is 3. The van der Waals surface area contributed by atoms with Crippen LogP contribution < -0.4 is 4.74 Å². The van der Waals surface area contributed by atoms with E-state index in [0.29, 0.717) is 5.92 Å². The fourth-order valence-corrected chi connectivity index (χ4v) is 3.92. The average Bonchev–Trinajstić information content (AvgIpc) is 2.53. The van der Waals surface area contributed by atoms with Gasteiger partial charge in [-0.3, -0.25) is 0 Å². The smallest absolute Gasteiger partial charge is 0.118 e. The van der Waals surface area contributed by atoms with E-state index in [-0.39, 0.29) is 5.60 Å². The minimum atomic E-state index is -0.352. The van der Waals surface area contributed by atoms with Crippen LogP contribution in [0.1, 0.15) is 37.7 Å². The van der Waals surface area contributed by atoms with E-state index in [4.69, 9.17) is 4.74 Å². The molecule has 1 N–H and O–H groups in total. The van der Waals surface area contributed by atoms with E-state index in [2.05, 4.69) is 17.0 Å². The molecule has 3 heteroatoms. The summed E-state index contributed by atoms with van der Waals surface area (Å²) in [6.07, 6.45) is 6.76. The van der Waals surface area contributed by atoms with Crippen molar-refractivity contribution in [1.82, 2.24) is 4.90 Å². The highest BCUT2D eigenvalue weighted by atomic mass is 16.5. The van der Waals surface area contributed by atoms with Crippen LogP contribution in [-0.2, 0) is 6.42 Å². The van der Waals surface area contributed by atoms with Crippen molar-refractivity contribution in [1.29, 1.82) is 0 Å². The molecule has 2 unspecified atom stereocenters. The van der Waals surface area contributed by atoms with Crippen molar-refractivity contribution >= 4 is 0 Å². The third-order valence-corrected chi connectivity index (χ3v) is 5.39. The number of nitrogens with zero attached hydrogens (tertiary/aromatic N) is 1. The Kier molecular flexibility index (Phi) is 4.51. The van der Waals surface area contributed by atoms with Crippen LogP contribution in [0.5, 0.6) is 5.75 Å². The summed E-state index contributed by atoms with van der Waals surface area (Å²) in [5.41, 5.74) is 1.01. The molecule has 3 rings (SSSR count). The number of ether oxygens (including phenoxy) is 1. The second-order valence-corrected chi connectivity index (χ2v) is 6.69. The summed E-state index contributed by atoms with van der Waals surface area (Å²) in [5, 5.41) is 10.7. The summed E-state index contributed by atoms with van der Waals surface area (Å²) in [6.45, 7) is 3.22. The van der Waals surface area contributed by atoms with Crippen LogP contribution in [0.25, 0.3) is 0 Å². The van der Waals surface area contributed by atoms with E-state index in [1.807, 2.05) is 12.1 Å². The molecule has 116 valence electrons. The van der Waals surface area contributed by atoms with Crippen LogP contribution in [0, 0.1) is 5.92 Å². The molecule has 0 radical (unpaired) electrons. The van der Waals surface area contributed by atoms with E-state index < -0.39 is 0 Å². The second kappa shape index (κ2) is 6.37. The molecule has 1 aliphatic heterocycles. The number of likely N-dealkylation sites (tertiary alicyclic amines) is 1. The molecule has 0 amide bonds. The highest BCUT2D eigenvalue weighted by molar-refractivity contribution is 5.27. The van der Waals surface area contributed by atoms with Gasteiger partial charge in [-0.25, -0.2) is 0 Å². The lowest BCUT2D eigenvalue weighted by Crippen LogP contribution is -2.53. The Morgan fingerprint density at radius 3 is 2.81 bits per heavy atom. The predicted molar refractivity (Wildman–Crippen MR) is 84.7 cm³/mol. The molecular weight excluding hydrogens is 262 g/mol. The van der Waals surface area contributed by atoms with Gasteiger partial charge in [0, 0.05) is 25.6 Å². The van der Waals surface area contributed by atoms with Crippen molar-refractivity contribution in [2.45, 2.75) is 44.1 Å². The lowest BCUT2D eigenvalue weighted by atomic mass is 9.71. The van der Waals surface area contributed by atoms with E-state index >= 15 is 0 Å². The summed E-state index contributed by atoms with van der Waals surface area (Å²) < 4.78 is 5.20. The van der Waals surface area contributed by atoms with Gasteiger partial charge < -0.3 is 14.7 Å². The summed E-state index contributed by atoms with van der Waals surface area (Å²) >= 11 is 0. The second-order valence-electron chi connectivity index (χ2n) is 6.69. The fourth-order valence-electron chi connectivity index (χ4n) is 3.92. The highest BCUT2D eigenvalue weighted by Gasteiger charge is 2.42. The molecule has 1 saturated carbocycles. The van der Waals surface area contributed by atoms with Crippen molar-refractivity contribution in [3.05, 3.63) is 29.8 Å². The Morgan fingerprint density at radius 2 is 2.05 bits per heavy atom. The first-order chi connectivity index (χ1) is 10.2. The number of fused-ring (bicyclic) bond motifs is 1. The molecule has 1 saturated heterocycles. The van der Waals surface area contributed by atoms with E-state index in [1.165, 1.54) is 24.8 Å². The highest BCUT2D eigenvalue weighted by Crippen LogP contribution is 2.39. The molecular formula is C18H27NO2. The number of aliphatic hydroxyl groups is 1.